The second-order valence-corrected chi connectivity index (χ2v) is 5.72. The minimum atomic E-state index is 0.632. The molecule has 3 aromatic rings. The van der Waals surface area contributed by atoms with Gasteiger partial charge in [-0.05, 0) is 50.2 Å². The predicted molar refractivity (Wildman–Crippen MR) is 87.2 cm³/mol. The van der Waals surface area contributed by atoms with Gasteiger partial charge in [-0.1, -0.05) is 0 Å². The summed E-state index contributed by atoms with van der Waals surface area (Å²) in [5, 5.41) is 2.15. The van der Waals surface area contributed by atoms with Crippen molar-refractivity contribution >= 4 is 16.3 Å². The average Bonchev–Trinajstić information content (AvgIpc) is 3.01. The number of fused-ring (bicyclic) bond motifs is 1. The van der Waals surface area contributed by atoms with Gasteiger partial charge in [0.2, 0.25) is 0 Å². The number of nitrogens with two attached hydrogens (primary N) is 1. The Hall–Kier alpha value is -1.85. The van der Waals surface area contributed by atoms with Gasteiger partial charge in [0.15, 0.2) is 4.96 Å². The smallest absolute Gasteiger partial charge is 0.194 e. The van der Waals surface area contributed by atoms with Crippen molar-refractivity contribution in [1.82, 2.24) is 9.38 Å². The Bertz CT molecular complexity index is 743. The van der Waals surface area contributed by atoms with Crippen LogP contribution in [0.3, 0.4) is 0 Å². The number of thiazole rings is 1. The summed E-state index contributed by atoms with van der Waals surface area (Å²) in [6, 6.07) is 8.20. The number of benzene rings is 1. The van der Waals surface area contributed by atoms with Gasteiger partial charge in [0.1, 0.15) is 5.75 Å². The van der Waals surface area contributed by atoms with Crippen LogP contribution in [0.15, 0.2) is 29.6 Å². The highest BCUT2D eigenvalue weighted by atomic mass is 32.1. The molecule has 2 N–H and O–H groups in total. The molecule has 2 aromatic heterocycles. The van der Waals surface area contributed by atoms with Gasteiger partial charge in [0.05, 0.1) is 18.0 Å². The molecule has 0 saturated heterocycles. The van der Waals surface area contributed by atoms with E-state index in [1.165, 1.54) is 17.0 Å². The Morgan fingerprint density at radius 3 is 2.71 bits per heavy atom. The van der Waals surface area contributed by atoms with Crippen LogP contribution in [0.1, 0.15) is 18.3 Å². The molecule has 0 saturated carbocycles. The largest absolute Gasteiger partial charge is 0.494 e. The van der Waals surface area contributed by atoms with E-state index in [9.17, 15) is 0 Å². The molecule has 0 radical (unpaired) electrons. The van der Waals surface area contributed by atoms with Gasteiger partial charge in [-0.3, -0.25) is 4.40 Å². The van der Waals surface area contributed by atoms with E-state index in [1.807, 2.05) is 26.0 Å². The van der Waals surface area contributed by atoms with Crippen molar-refractivity contribution in [3.63, 3.8) is 0 Å². The van der Waals surface area contributed by atoms with E-state index in [1.54, 1.807) is 11.3 Å². The molecule has 0 spiro atoms. The molecule has 0 fully saturated rings. The summed E-state index contributed by atoms with van der Waals surface area (Å²) in [6.45, 7) is 5.35. The number of hydrogen-bond donors (Lipinski definition) is 1. The van der Waals surface area contributed by atoms with Crippen molar-refractivity contribution in [3.8, 4) is 17.0 Å². The van der Waals surface area contributed by atoms with Crippen LogP contribution in [0.5, 0.6) is 5.75 Å². The minimum absolute atomic E-state index is 0.632. The number of aryl methyl sites for hydroxylation is 1. The highest BCUT2D eigenvalue weighted by molar-refractivity contribution is 7.15. The number of hydrogen-bond acceptors (Lipinski definition) is 4. The molecule has 0 aliphatic carbocycles. The molecule has 0 aliphatic rings. The van der Waals surface area contributed by atoms with Crippen molar-refractivity contribution in [2.24, 2.45) is 5.73 Å². The average molecular weight is 301 g/mol. The Balaban J connectivity index is 2.07. The first-order valence-corrected chi connectivity index (χ1v) is 8.01. The second kappa shape index (κ2) is 5.87. The number of aromatic nitrogens is 2. The van der Waals surface area contributed by atoms with E-state index in [0.717, 1.165) is 22.8 Å². The van der Waals surface area contributed by atoms with E-state index < -0.39 is 0 Å². The Labute approximate surface area is 128 Å². The number of ether oxygens (including phenoxy) is 1. The van der Waals surface area contributed by atoms with Crippen LogP contribution >= 0.6 is 11.3 Å². The monoisotopic (exact) mass is 301 g/mol. The molecular formula is C16H19N3OS. The number of nitrogens with zero attached hydrogens (tertiary/aromatic N) is 2. The molecule has 3 rings (SSSR count). The summed E-state index contributed by atoms with van der Waals surface area (Å²) in [5.41, 5.74) is 10.3. The lowest BCUT2D eigenvalue weighted by atomic mass is 10.1. The Morgan fingerprint density at radius 1 is 1.29 bits per heavy atom. The number of imidazole rings is 1. The quantitative estimate of drug-likeness (QED) is 0.787. The van der Waals surface area contributed by atoms with Gasteiger partial charge in [0, 0.05) is 17.5 Å². The fraction of sp³-hybridized carbons (Fsp3) is 0.312. The van der Waals surface area contributed by atoms with Crippen molar-refractivity contribution in [2.45, 2.75) is 20.3 Å². The second-order valence-electron chi connectivity index (χ2n) is 4.88. The third-order valence-electron chi connectivity index (χ3n) is 3.50. The molecule has 0 unspecified atom stereocenters. The molecule has 0 amide bonds. The summed E-state index contributed by atoms with van der Waals surface area (Å²) in [7, 11) is 0. The molecule has 0 bridgehead atoms. The van der Waals surface area contributed by atoms with E-state index in [2.05, 4.69) is 26.9 Å². The third-order valence-corrected chi connectivity index (χ3v) is 4.33. The van der Waals surface area contributed by atoms with Crippen LogP contribution < -0.4 is 10.5 Å². The van der Waals surface area contributed by atoms with Crippen molar-refractivity contribution in [1.29, 1.82) is 0 Å². The highest BCUT2D eigenvalue weighted by Gasteiger charge is 2.14. The van der Waals surface area contributed by atoms with Gasteiger partial charge in [-0.2, -0.15) is 0 Å². The third kappa shape index (κ3) is 2.54. The summed E-state index contributed by atoms with van der Waals surface area (Å²) in [4.78, 5) is 5.65. The van der Waals surface area contributed by atoms with Crippen molar-refractivity contribution in [2.75, 3.05) is 13.2 Å². The first-order chi connectivity index (χ1) is 10.2. The first kappa shape index (κ1) is 14.1. The lowest BCUT2D eigenvalue weighted by Crippen LogP contribution is -2.06. The SMILES string of the molecule is CCOc1ccc(-c2csc3nc(C)c(CCN)n23)cc1. The molecule has 4 nitrogen and oxygen atoms in total. The topological polar surface area (TPSA) is 52.5 Å². The molecule has 0 atom stereocenters. The van der Waals surface area contributed by atoms with Gasteiger partial charge >= 0.3 is 0 Å². The zero-order chi connectivity index (χ0) is 14.8. The highest BCUT2D eigenvalue weighted by Crippen LogP contribution is 2.30. The maximum atomic E-state index is 5.74. The molecule has 110 valence electrons. The Kier molecular flexibility index (Phi) is 3.94. The van der Waals surface area contributed by atoms with Gasteiger partial charge in [-0.15, -0.1) is 11.3 Å². The van der Waals surface area contributed by atoms with E-state index in [0.29, 0.717) is 13.2 Å². The lowest BCUT2D eigenvalue weighted by Gasteiger charge is -2.06. The summed E-state index contributed by atoms with van der Waals surface area (Å²) < 4.78 is 7.72. The zero-order valence-corrected chi connectivity index (χ0v) is 13.1. The predicted octanol–water partition coefficient (Wildman–Crippen LogP) is 3.27. The minimum Gasteiger partial charge on any atom is -0.494 e. The van der Waals surface area contributed by atoms with Crippen LogP contribution in [0.2, 0.25) is 0 Å². The molecular weight excluding hydrogens is 282 g/mol. The fourth-order valence-electron chi connectivity index (χ4n) is 2.54. The van der Waals surface area contributed by atoms with Crippen LogP contribution in [-0.2, 0) is 6.42 Å². The molecule has 1 aromatic carbocycles. The summed E-state index contributed by atoms with van der Waals surface area (Å²) >= 11 is 1.66. The molecule has 21 heavy (non-hydrogen) atoms. The van der Waals surface area contributed by atoms with Crippen molar-refractivity contribution < 1.29 is 4.74 Å². The number of rotatable bonds is 5. The van der Waals surface area contributed by atoms with E-state index in [4.69, 9.17) is 10.5 Å². The zero-order valence-electron chi connectivity index (χ0n) is 12.3. The Morgan fingerprint density at radius 2 is 2.05 bits per heavy atom. The van der Waals surface area contributed by atoms with Crippen LogP contribution in [0, 0.1) is 6.92 Å². The van der Waals surface area contributed by atoms with Crippen LogP contribution in [0.25, 0.3) is 16.2 Å². The molecule has 2 heterocycles. The van der Waals surface area contributed by atoms with Crippen molar-refractivity contribution in [3.05, 3.63) is 41.0 Å². The standard InChI is InChI=1S/C16H19N3OS/c1-3-20-13-6-4-12(5-7-13)15-10-21-16-18-11(2)14(8-9-17)19(15)16/h4-7,10H,3,8-9,17H2,1-2H3. The maximum absolute atomic E-state index is 5.74. The summed E-state index contributed by atoms with van der Waals surface area (Å²) in [5.74, 6) is 0.900. The fourth-order valence-corrected chi connectivity index (χ4v) is 3.50. The molecule has 0 aliphatic heterocycles. The first-order valence-electron chi connectivity index (χ1n) is 7.13. The lowest BCUT2D eigenvalue weighted by molar-refractivity contribution is 0.340. The maximum Gasteiger partial charge on any atom is 0.194 e. The van der Waals surface area contributed by atoms with Crippen LogP contribution in [0.4, 0.5) is 0 Å². The van der Waals surface area contributed by atoms with Crippen LogP contribution in [-0.4, -0.2) is 22.5 Å². The van der Waals surface area contributed by atoms with Gasteiger partial charge < -0.3 is 10.5 Å². The summed E-state index contributed by atoms with van der Waals surface area (Å²) in [6.07, 6.45) is 0.841. The normalized spacial score (nSPS) is 11.2. The van der Waals surface area contributed by atoms with E-state index in [-0.39, 0.29) is 0 Å². The van der Waals surface area contributed by atoms with Gasteiger partial charge in [0.25, 0.3) is 0 Å². The van der Waals surface area contributed by atoms with Gasteiger partial charge in [-0.25, -0.2) is 4.98 Å². The molecule has 5 heteroatoms. The van der Waals surface area contributed by atoms with E-state index >= 15 is 0 Å².